The van der Waals surface area contributed by atoms with Crippen molar-refractivity contribution in [3.05, 3.63) is 61.8 Å². The van der Waals surface area contributed by atoms with Crippen LogP contribution in [0.5, 0.6) is 0 Å². The van der Waals surface area contributed by atoms with Gasteiger partial charge in [-0.1, -0.05) is 58.6 Å². The van der Waals surface area contributed by atoms with Crippen molar-refractivity contribution in [3.63, 3.8) is 0 Å². The summed E-state index contributed by atoms with van der Waals surface area (Å²) in [5.74, 6) is -0.392. The first-order valence-corrected chi connectivity index (χ1v) is 7.82. The number of pyridine rings is 1. The minimum atomic E-state index is -0.392. The Bertz CT molecular complexity index is 732. The van der Waals surface area contributed by atoms with Crippen LogP contribution in [0.2, 0.25) is 15.1 Å². The highest BCUT2D eigenvalue weighted by molar-refractivity contribution is 6.48. The summed E-state index contributed by atoms with van der Waals surface area (Å²) in [5.41, 5.74) is 3.34. The number of aromatic nitrogens is 1. The quantitative estimate of drug-likeness (QED) is 0.825. The molecule has 0 spiro atoms. The van der Waals surface area contributed by atoms with Crippen molar-refractivity contribution >= 4 is 40.7 Å². The summed E-state index contributed by atoms with van der Waals surface area (Å²) in [6.45, 7) is 5.92. The molecule has 1 unspecified atom stereocenters. The third-order valence-electron chi connectivity index (χ3n) is 3.38. The molecule has 0 aliphatic rings. The van der Waals surface area contributed by atoms with Crippen molar-refractivity contribution in [3.8, 4) is 0 Å². The third kappa shape index (κ3) is 3.54. The first kappa shape index (κ1) is 17.1. The first-order chi connectivity index (χ1) is 10.3. The van der Waals surface area contributed by atoms with Gasteiger partial charge >= 0.3 is 0 Å². The molecule has 1 atom stereocenters. The Balaban J connectivity index is 2.25. The Labute approximate surface area is 144 Å². The van der Waals surface area contributed by atoms with E-state index in [1.165, 1.54) is 6.20 Å². The van der Waals surface area contributed by atoms with Crippen LogP contribution >= 0.6 is 34.8 Å². The maximum Gasteiger partial charge on any atom is 0.271 e. The molecular weight excluding hydrogens is 343 g/mol. The van der Waals surface area contributed by atoms with Crippen molar-refractivity contribution in [1.29, 1.82) is 0 Å². The summed E-state index contributed by atoms with van der Waals surface area (Å²) < 4.78 is 0. The van der Waals surface area contributed by atoms with E-state index in [2.05, 4.69) is 10.3 Å². The van der Waals surface area contributed by atoms with Gasteiger partial charge in [-0.3, -0.25) is 4.79 Å². The summed E-state index contributed by atoms with van der Waals surface area (Å²) in [4.78, 5) is 16.3. The van der Waals surface area contributed by atoms with Gasteiger partial charge in [-0.25, -0.2) is 4.98 Å². The lowest BCUT2D eigenvalue weighted by atomic mass is 10.00. The number of benzene rings is 1. The van der Waals surface area contributed by atoms with Gasteiger partial charge in [-0.15, -0.1) is 0 Å². The fourth-order valence-corrected chi connectivity index (χ4v) is 2.74. The predicted octanol–water partition coefficient (Wildman–Crippen LogP) is 5.15. The molecule has 0 radical (unpaired) electrons. The van der Waals surface area contributed by atoms with Gasteiger partial charge < -0.3 is 5.32 Å². The second kappa shape index (κ2) is 6.86. The van der Waals surface area contributed by atoms with Crippen molar-refractivity contribution in [2.24, 2.45) is 0 Å². The average Bonchev–Trinajstić information content (AvgIpc) is 2.47. The highest BCUT2D eigenvalue weighted by Crippen LogP contribution is 2.31. The van der Waals surface area contributed by atoms with E-state index in [0.717, 1.165) is 16.7 Å². The molecule has 22 heavy (non-hydrogen) atoms. The maximum atomic E-state index is 12.3. The number of carbonyl (C=O) groups is 1. The zero-order valence-electron chi connectivity index (χ0n) is 12.4. The molecule has 1 aromatic carbocycles. The summed E-state index contributed by atoms with van der Waals surface area (Å²) in [5, 5.41) is 3.28. The monoisotopic (exact) mass is 356 g/mol. The Hall–Kier alpha value is -1.29. The molecule has 1 N–H and O–H groups in total. The molecule has 0 aliphatic heterocycles. The Morgan fingerprint density at radius 1 is 1.18 bits per heavy atom. The van der Waals surface area contributed by atoms with Crippen LogP contribution in [0.15, 0.2) is 24.4 Å². The standard InChI is InChI=1S/C16H15Cl3N2O/c1-8-4-5-9(2)11(6-8)10(3)21-16(22)15-14(19)13(18)12(17)7-20-15/h4-7,10H,1-3H3,(H,21,22). The molecule has 1 amide bonds. The van der Waals surface area contributed by atoms with Crippen LogP contribution in [0.3, 0.4) is 0 Å². The van der Waals surface area contributed by atoms with E-state index in [4.69, 9.17) is 34.8 Å². The number of amides is 1. The number of hydrogen-bond donors (Lipinski definition) is 1. The molecule has 0 saturated carbocycles. The second-order valence-corrected chi connectivity index (χ2v) is 6.30. The summed E-state index contributed by atoms with van der Waals surface area (Å²) in [7, 11) is 0. The maximum absolute atomic E-state index is 12.3. The molecule has 0 saturated heterocycles. The summed E-state index contributed by atoms with van der Waals surface area (Å²) in [6.07, 6.45) is 1.31. The number of rotatable bonds is 3. The Morgan fingerprint density at radius 3 is 2.55 bits per heavy atom. The van der Waals surface area contributed by atoms with Crippen LogP contribution in [0.25, 0.3) is 0 Å². The average molecular weight is 358 g/mol. The van der Waals surface area contributed by atoms with E-state index < -0.39 is 5.91 Å². The van der Waals surface area contributed by atoms with E-state index in [1.54, 1.807) is 0 Å². The fraction of sp³-hybridized carbons (Fsp3) is 0.250. The number of hydrogen-bond acceptors (Lipinski definition) is 2. The van der Waals surface area contributed by atoms with Gasteiger partial charge in [0.1, 0.15) is 5.69 Å². The zero-order chi connectivity index (χ0) is 16.4. The van der Waals surface area contributed by atoms with Crippen molar-refractivity contribution < 1.29 is 4.79 Å². The Morgan fingerprint density at radius 2 is 1.86 bits per heavy atom. The number of aryl methyl sites for hydroxylation is 2. The van der Waals surface area contributed by atoms with Gasteiger partial charge in [-0.2, -0.15) is 0 Å². The normalized spacial score (nSPS) is 12.1. The van der Waals surface area contributed by atoms with Crippen LogP contribution in [-0.4, -0.2) is 10.9 Å². The molecule has 116 valence electrons. The van der Waals surface area contributed by atoms with Crippen molar-refractivity contribution in [2.75, 3.05) is 0 Å². The van der Waals surface area contributed by atoms with Crippen molar-refractivity contribution in [2.45, 2.75) is 26.8 Å². The van der Waals surface area contributed by atoms with Crippen LogP contribution in [0, 0.1) is 13.8 Å². The molecule has 6 heteroatoms. The molecule has 1 aromatic heterocycles. The highest BCUT2D eigenvalue weighted by Gasteiger charge is 2.19. The molecule has 2 rings (SSSR count). The number of carbonyl (C=O) groups excluding carboxylic acids is 1. The number of nitrogens with one attached hydrogen (secondary N) is 1. The molecule has 1 heterocycles. The van der Waals surface area contributed by atoms with Gasteiger partial charge in [0.2, 0.25) is 0 Å². The SMILES string of the molecule is Cc1ccc(C)c(C(C)NC(=O)c2ncc(Cl)c(Cl)c2Cl)c1. The largest absolute Gasteiger partial charge is 0.344 e. The summed E-state index contributed by atoms with van der Waals surface area (Å²) in [6, 6.07) is 5.92. The van der Waals surface area contributed by atoms with Gasteiger partial charge in [0.05, 0.1) is 21.1 Å². The molecule has 3 nitrogen and oxygen atoms in total. The highest BCUT2D eigenvalue weighted by atomic mass is 35.5. The lowest BCUT2D eigenvalue weighted by molar-refractivity contribution is 0.0935. The van der Waals surface area contributed by atoms with Gasteiger partial charge in [0.15, 0.2) is 0 Å². The van der Waals surface area contributed by atoms with Crippen molar-refractivity contribution in [1.82, 2.24) is 10.3 Å². The molecule has 0 bridgehead atoms. The lowest BCUT2D eigenvalue weighted by Crippen LogP contribution is -2.28. The first-order valence-electron chi connectivity index (χ1n) is 6.68. The zero-order valence-corrected chi connectivity index (χ0v) is 14.6. The van der Waals surface area contributed by atoms with Gasteiger partial charge in [0.25, 0.3) is 5.91 Å². The topological polar surface area (TPSA) is 42.0 Å². The minimum absolute atomic E-state index is 0.0554. The predicted molar refractivity (Wildman–Crippen MR) is 91.1 cm³/mol. The lowest BCUT2D eigenvalue weighted by Gasteiger charge is -2.17. The van der Waals surface area contributed by atoms with Crippen LogP contribution in [-0.2, 0) is 0 Å². The van der Waals surface area contributed by atoms with E-state index in [1.807, 2.05) is 39.0 Å². The van der Waals surface area contributed by atoms with Crippen LogP contribution in [0.1, 0.15) is 40.1 Å². The van der Waals surface area contributed by atoms with E-state index in [0.29, 0.717) is 0 Å². The summed E-state index contributed by atoms with van der Waals surface area (Å²) >= 11 is 17.8. The van der Waals surface area contributed by atoms with E-state index in [-0.39, 0.29) is 26.8 Å². The number of halogens is 3. The number of nitrogens with zero attached hydrogens (tertiary/aromatic N) is 1. The van der Waals surface area contributed by atoms with E-state index in [9.17, 15) is 4.79 Å². The minimum Gasteiger partial charge on any atom is -0.344 e. The van der Waals surface area contributed by atoms with Crippen LogP contribution < -0.4 is 5.32 Å². The van der Waals surface area contributed by atoms with Gasteiger partial charge in [-0.05, 0) is 31.9 Å². The fourth-order valence-electron chi connectivity index (χ4n) is 2.17. The van der Waals surface area contributed by atoms with E-state index >= 15 is 0 Å². The third-order valence-corrected chi connectivity index (χ3v) is 4.62. The van der Waals surface area contributed by atoms with Gasteiger partial charge in [0, 0.05) is 6.20 Å². The molecular formula is C16H15Cl3N2O. The molecule has 2 aromatic rings. The molecule has 0 aliphatic carbocycles. The molecule has 0 fully saturated rings. The second-order valence-electron chi connectivity index (χ2n) is 5.14. The smallest absolute Gasteiger partial charge is 0.271 e. The Kier molecular flexibility index (Phi) is 5.32. The van der Waals surface area contributed by atoms with Crippen LogP contribution in [0.4, 0.5) is 0 Å².